The topological polar surface area (TPSA) is 18.5 Å². The van der Waals surface area contributed by atoms with Crippen LogP contribution in [0, 0.1) is 0 Å². The lowest BCUT2D eigenvalue weighted by Gasteiger charge is -2.28. The highest BCUT2D eigenvalue weighted by Gasteiger charge is 2.22. The van der Waals surface area contributed by atoms with Crippen molar-refractivity contribution in [1.82, 2.24) is 0 Å². The predicted molar refractivity (Wildman–Crippen MR) is 69.6 cm³/mol. The van der Waals surface area contributed by atoms with E-state index in [9.17, 15) is 0 Å². The molecule has 1 aromatic carbocycles. The van der Waals surface area contributed by atoms with Crippen LogP contribution in [0.5, 0.6) is 5.75 Å². The summed E-state index contributed by atoms with van der Waals surface area (Å²) in [6, 6.07) is 8.52. The molecule has 17 heavy (non-hydrogen) atoms. The van der Waals surface area contributed by atoms with Gasteiger partial charge in [-0.25, -0.2) is 0 Å². The molecule has 0 atom stereocenters. The van der Waals surface area contributed by atoms with Crippen LogP contribution < -0.4 is 4.74 Å². The molecular formula is C15H22O2. The molecule has 1 aromatic rings. The van der Waals surface area contributed by atoms with Gasteiger partial charge in [0.05, 0.1) is 13.2 Å². The fourth-order valence-electron chi connectivity index (χ4n) is 2.67. The average molecular weight is 234 g/mol. The molecule has 0 unspecified atom stereocenters. The molecule has 2 nitrogen and oxygen atoms in total. The first-order valence-corrected chi connectivity index (χ1v) is 6.59. The zero-order valence-electron chi connectivity index (χ0n) is 10.8. The Kier molecular flexibility index (Phi) is 4.43. The second kappa shape index (κ2) is 6.06. The minimum Gasteiger partial charge on any atom is -0.497 e. The quantitative estimate of drug-likeness (QED) is 0.789. The molecule has 2 heteroatoms. The van der Waals surface area contributed by atoms with E-state index < -0.39 is 0 Å². The molecule has 0 N–H and O–H groups in total. The van der Waals surface area contributed by atoms with Gasteiger partial charge in [-0.2, -0.15) is 0 Å². The van der Waals surface area contributed by atoms with Gasteiger partial charge in [0.25, 0.3) is 0 Å². The highest BCUT2D eigenvalue weighted by molar-refractivity contribution is 5.29. The van der Waals surface area contributed by atoms with Crippen LogP contribution in [0.4, 0.5) is 0 Å². The van der Waals surface area contributed by atoms with Crippen LogP contribution in [0.25, 0.3) is 0 Å². The maximum atomic E-state index is 5.68. The van der Waals surface area contributed by atoms with Crippen molar-refractivity contribution < 1.29 is 9.47 Å². The Bertz CT molecular complexity index is 323. The van der Waals surface area contributed by atoms with E-state index in [2.05, 4.69) is 31.2 Å². The fourth-order valence-corrected chi connectivity index (χ4v) is 2.67. The summed E-state index contributed by atoms with van der Waals surface area (Å²) < 4.78 is 10.9. The lowest BCUT2D eigenvalue weighted by Crippen LogP contribution is -2.20. The fraction of sp³-hybridized carbons (Fsp3) is 0.600. The monoisotopic (exact) mass is 234 g/mol. The Labute approximate surface area is 104 Å². The Morgan fingerprint density at radius 1 is 1.06 bits per heavy atom. The lowest BCUT2D eigenvalue weighted by molar-refractivity contribution is 0.0328. The van der Waals surface area contributed by atoms with Crippen LogP contribution in [0.3, 0.4) is 0 Å². The van der Waals surface area contributed by atoms with Crippen LogP contribution in [-0.2, 0) is 4.74 Å². The summed E-state index contributed by atoms with van der Waals surface area (Å²) in [7, 11) is 1.71. The maximum absolute atomic E-state index is 5.68. The first kappa shape index (κ1) is 12.4. The van der Waals surface area contributed by atoms with E-state index in [1.54, 1.807) is 7.11 Å². The van der Waals surface area contributed by atoms with Gasteiger partial charge in [0, 0.05) is 6.61 Å². The number of hydrogen-bond acceptors (Lipinski definition) is 2. The van der Waals surface area contributed by atoms with Gasteiger partial charge in [-0.3, -0.25) is 0 Å². The molecule has 2 rings (SSSR count). The third-order valence-electron chi connectivity index (χ3n) is 3.66. The molecule has 0 bridgehead atoms. The normalized spacial score (nSPS) is 24.6. The number of benzene rings is 1. The number of rotatable bonds is 4. The first-order valence-electron chi connectivity index (χ1n) is 6.59. The third kappa shape index (κ3) is 3.22. The second-order valence-corrected chi connectivity index (χ2v) is 4.70. The van der Waals surface area contributed by atoms with E-state index in [1.807, 2.05) is 0 Å². The van der Waals surface area contributed by atoms with Crippen molar-refractivity contribution in [2.75, 3.05) is 13.7 Å². The predicted octanol–water partition coefficient (Wildman–Crippen LogP) is 3.76. The minimum atomic E-state index is 0.495. The Hall–Kier alpha value is -1.02. The molecule has 1 aliphatic carbocycles. The molecular weight excluding hydrogens is 212 g/mol. The summed E-state index contributed by atoms with van der Waals surface area (Å²) in [5.74, 6) is 1.65. The Morgan fingerprint density at radius 2 is 1.71 bits per heavy atom. The summed E-state index contributed by atoms with van der Waals surface area (Å²) >= 11 is 0. The summed E-state index contributed by atoms with van der Waals surface area (Å²) in [6.45, 7) is 2.92. The maximum Gasteiger partial charge on any atom is 0.118 e. The smallest absolute Gasteiger partial charge is 0.118 e. The van der Waals surface area contributed by atoms with Crippen LogP contribution in [0.2, 0.25) is 0 Å². The molecule has 0 saturated heterocycles. The van der Waals surface area contributed by atoms with Gasteiger partial charge in [0.2, 0.25) is 0 Å². The van der Waals surface area contributed by atoms with Crippen LogP contribution in [-0.4, -0.2) is 19.8 Å². The zero-order valence-corrected chi connectivity index (χ0v) is 10.8. The molecule has 0 aliphatic heterocycles. The van der Waals surface area contributed by atoms with E-state index in [0.29, 0.717) is 12.0 Å². The average Bonchev–Trinajstić information content (AvgIpc) is 2.40. The van der Waals surface area contributed by atoms with Crippen LogP contribution >= 0.6 is 0 Å². The van der Waals surface area contributed by atoms with Crippen LogP contribution in [0.1, 0.15) is 44.1 Å². The van der Waals surface area contributed by atoms with Gasteiger partial charge in [0.1, 0.15) is 5.75 Å². The summed E-state index contributed by atoms with van der Waals surface area (Å²) in [5.41, 5.74) is 1.45. The van der Waals surface area contributed by atoms with Crippen molar-refractivity contribution in [3.05, 3.63) is 29.8 Å². The zero-order chi connectivity index (χ0) is 12.1. The molecule has 94 valence electrons. The van der Waals surface area contributed by atoms with Crippen molar-refractivity contribution in [3.8, 4) is 5.75 Å². The van der Waals surface area contributed by atoms with Crippen molar-refractivity contribution in [3.63, 3.8) is 0 Å². The highest BCUT2D eigenvalue weighted by Crippen LogP contribution is 2.34. The van der Waals surface area contributed by atoms with E-state index >= 15 is 0 Å². The van der Waals surface area contributed by atoms with E-state index in [1.165, 1.54) is 31.2 Å². The van der Waals surface area contributed by atoms with Crippen molar-refractivity contribution >= 4 is 0 Å². The number of hydrogen-bond donors (Lipinski definition) is 0. The highest BCUT2D eigenvalue weighted by atomic mass is 16.5. The van der Waals surface area contributed by atoms with Crippen LogP contribution in [0.15, 0.2) is 24.3 Å². The summed E-state index contributed by atoms with van der Waals surface area (Å²) in [4.78, 5) is 0. The minimum absolute atomic E-state index is 0.495. The van der Waals surface area contributed by atoms with Gasteiger partial charge in [-0.05, 0) is 56.2 Å². The van der Waals surface area contributed by atoms with E-state index in [0.717, 1.165) is 12.4 Å². The Balaban J connectivity index is 1.91. The van der Waals surface area contributed by atoms with Crippen molar-refractivity contribution in [2.45, 2.75) is 44.6 Å². The third-order valence-corrected chi connectivity index (χ3v) is 3.66. The molecule has 0 aromatic heterocycles. The van der Waals surface area contributed by atoms with Gasteiger partial charge >= 0.3 is 0 Å². The molecule has 0 radical (unpaired) electrons. The van der Waals surface area contributed by atoms with Gasteiger partial charge in [-0.1, -0.05) is 12.1 Å². The largest absolute Gasteiger partial charge is 0.497 e. The molecule has 0 heterocycles. The second-order valence-electron chi connectivity index (χ2n) is 4.70. The van der Waals surface area contributed by atoms with E-state index in [4.69, 9.17) is 9.47 Å². The van der Waals surface area contributed by atoms with Gasteiger partial charge in [0.15, 0.2) is 0 Å². The summed E-state index contributed by atoms with van der Waals surface area (Å²) in [5, 5.41) is 0. The first-order chi connectivity index (χ1) is 8.33. The number of methoxy groups -OCH3 is 1. The standard InChI is InChI=1S/C15H22O2/c1-3-17-15-10-6-13(7-11-15)12-4-8-14(16-2)9-5-12/h4-5,8-9,13,15H,3,6-7,10-11H2,1-2H3. The van der Waals surface area contributed by atoms with Gasteiger partial charge in [-0.15, -0.1) is 0 Å². The summed E-state index contributed by atoms with van der Waals surface area (Å²) in [6.07, 6.45) is 5.39. The molecule has 1 aliphatic rings. The van der Waals surface area contributed by atoms with Crippen molar-refractivity contribution in [1.29, 1.82) is 0 Å². The number of ether oxygens (including phenoxy) is 2. The molecule has 1 fully saturated rings. The van der Waals surface area contributed by atoms with Gasteiger partial charge < -0.3 is 9.47 Å². The van der Waals surface area contributed by atoms with E-state index in [-0.39, 0.29) is 0 Å². The molecule has 0 spiro atoms. The lowest BCUT2D eigenvalue weighted by atomic mass is 9.83. The van der Waals surface area contributed by atoms with Crippen molar-refractivity contribution in [2.24, 2.45) is 0 Å². The molecule has 0 amide bonds. The Morgan fingerprint density at radius 3 is 2.24 bits per heavy atom. The molecule has 1 saturated carbocycles. The SMILES string of the molecule is CCOC1CCC(c2ccc(OC)cc2)CC1.